The Morgan fingerprint density at radius 2 is 1.65 bits per heavy atom. The van der Waals surface area contributed by atoms with Crippen LogP contribution in [-0.4, -0.2) is 14.8 Å². The highest BCUT2D eigenvalue weighted by atomic mass is 32.2. The van der Waals surface area contributed by atoms with Gasteiger partial charge in [-0.1, -0.05) is 6.07 Å². The van der Waals surface area contributed by atoms with Crippen LogP contribution >= 0.6 is 0 Å². The van der Waals surface area contributed by atoms with E-state index >= 15 is 0 Å². The molecule has 0 unspecified atom stereocenters. The van der Waals surface area contributed by atoms with Gasteiger partial charge in [0.05, 0.1) is 0 Å². The molecule has 0 aliphatic rings. The summed E-state index contributed by atoms with van der Waals surface area (Å²) < 4.78 is 94.4. The number of hydrogen-bond donors (Lipinski definition) is 0. The lowest BCUT2D eigenvalue weighted by Crippen LogP contribution is -2.17. The van der Waals surface area contributed by atoms with Gasteiger partial charge >= 0.3 is 16.5 Å². The first-order valence-corrected chi connectivity index (χ1v) is 7.23. The summed E-state index contributed by atoms with van der Waals surface area (Å²) in [5.41, 5.74) is 0. The van der Waals surface area contributed by atoms with Crippen LogP contribution in [0, 0.1) is 11.6 Å². The van der Waals surface area contributed by atoms with Crippen molar-refractivity contribution < 1.29 is 39.3 Å². The summed E-state index contributed by atoms with van der Waals surface area (Å²) in [7, 11) is -4.64. The predicted octanol–water partition coefficient (Wildman–Crippen LogP) is 3.63. The topological polar surface area (TPSA) is 52.6 Å². The van der Waals surface area contributed by atoms with Crippen molar-refractivity contribution in [3.05, 3.63) is 54.1 Å². The van der Waals surface area contributed by atoms with Crippen molar-refractivity contribution in [3.63, 3.8) is 0 Å². The molecule has 0 fully saturated rings. The van der Waals surface area contributed by atoms with Crippen molar-refractivity contribution in [3.8, 4) is 11.5 Å². The lowest BCUT2D eigenvalue weighted by Gasteiger charge is -2.11. The Labute approximate surface area is 127 Å². The molecule has 0 aliphatic carbocycles. The van der Waals surface area contributed by atoms with Crippen LogP contribution < -0.4 is 8.92 Å². The minimum atomic E-state index is -5.01. The highest BCUT2D eigenvalue weighted by Gasteiger charge is 2.31. The van der Waals surface area contributed by atoms with Crippen molar-refractivity contribution in [2.45, 2.75) is 11.3 Å². The molecule has 2 aromatic carbocycles. The molecule has 0 heterocycles. The minimum Gasteiger partial charge on any atom is -0.406 e. The SMILES string of the molecule is O=S(=O)(Oc1ccc(F)cc1F)c1cccc(OC(F)(F)F)c1. The van der Waals surface area contributed by atoms with Gasteiger partial charge in [0.15, 0.2) is 11.6 Å². The number of rotatable bonds is 4. The zero-order chi connectivity index (χ0) is 17.3. The van der Waals surface area contributed by atoms with E-state index in [1.807, 2.05) is 0 Å². The highest BCUT2D eigenvalue weighted by molar-refractivity contribution is 7.87. The predicted molar refractivity (Wildman–Crippen MR) is 67.3 cm³/mol. The Bertz CT molecular complexity index is 817. The summed E-state index contributed by atoms with van der Waals surface area (Å²) in [6.45, 7) is 0. The first-order chi connectivity index (χ1) is 10.6. The molecule has 0 radical (unpaired) electrons. The Hall–Kier alpha value is -2.36. The zero-order valence-corrected chi connectivity index (χ0v) is 11.8. The van der Waals surface area contributed by atoms with Crippen molar-refractivity contribution in [1.29, 1.82) is 0 Å². The van der Waals surface area contributed by atoms with E-state index in [4.69, 9.17) is 0 Å². The Morgan fingerprint density at radius 1 is 0.957 bits per heavy atom. The second kappa shape index (κ2) is 6.03. The summed E-state index contributed by atoms with van der Waals surface area (Å²) in [5, 5.41) is 0. The number of alkyl halides is 3. The van der Waals surface area contributed by atoms with Gasteiger partial charge in [0.2, 0.25) is 0 Å². The maximum atomic E-state index is 13.4. The fourth-order valence-corrected chi connectivity index (χ4v) is 2.51. The molecule has 2 rings (SSSR count). The quantitative estimate of drug-likeness (QED) is 0.622. The highest BCUT2D eigenvalue weighted by Crippen LogP contribution is 2.27. The first kappa shape index (κ1) is 17.0. The van der Waals surface area contributed by atoms with Crippen molar-refractivity contribution >= 4 is 10.1 Å². The molecule has 0 bridgehead atoms. The van der Waals surface area contributed by atoms with Crippen molar-refractivity contribution in [1.82, 2.24) is 0 Å². The van der Waals surface area contributed by atoms with Crippen LogP contribution in [0.1, 0.15) is 0 Å². The smallest absolute Gasteiger partial charge is 0.406 e. The summed E-state index contributed by atoms with van der Waals surface area (Å²) in [6.07, 6.45) is -5.01. The van der Waals surface area contributed by atoms with Crippen LogP contribution in [-0.2, 0) is 10.1 Å². The molecular formula is C13H7F5O4S. The number of hydrogen-bond acceptors (Lipinski definition) is 4. The minimum absolute atomic E-state index is 0.397. The molecule has 10 heteroatoms. The van der Waals surface area contributed by atoms with Gasteiger partial charge < -0.3 is 8.92 Å². The molecule has 0 aliphatic heterocycles. The average molecular weight is 354 g/mol. The largest absolute Gasteiger partial charge is 0.573 e. The summed E-state index contributed by atoms with van der Waals surface area (Å²) >= 11 is 0. The van der Waals surface area contributed by atoms with E-state index in [1.165, 1.54) is 0 Å². The van der Waals surface area contributed by atoms with Crippen molar-refractivity contribution in [2.24, 2.45) is 0 Å². The maximum Gasteiger partial charge on any atom is 0.573 e. The van der Waals surface area contributed by atoms with Crippen LogP contribution in [0.25, 0.3) is 0 Å². The summed E-state index contributed by atoms with van der Waals surface area (Å²) in [6, 6.07) is 5.25. The van der Waals surface area contributed by atoms with Gasteiger partial charge in [-0.3, -0.25) is 0 Å². The third-order valence-electron chi connectivity index (χ3n) is 2.42. The summed E-state index contributed by atoms with van der Waals surface area (Å²) in [5.74, 6) is -3.82. The van der Waals surface area contributed by atoms with Gasteiger partial charge in [-0.05, 0) is 24.3 Å². The van der Waals surface area contributed by atoms with E-state index in [2.05, 4.69) is 8.92 Å². The number of ether oxygens (including phenoxy) is 1. The van der Waals surface area contributed by atoms with E-state index < -0.39 is 44.5 Å². The molecule has 124 valence electrons. The normalized spacial score (nSPS) is 12.0. The molecule has 4 nitrogen and oxygen atoms in total. The molecule has 0 amide bonds. The zero-order valence-electron chi connectivity index (χ0n) is 11.0. The van der Waals surface area contributed by atoms with Crippen LogP contribution in [0.2, 0.25) is 0 Å². The lowest BCUT2D eigenvalue weighted by atomic mass is 10.3. The molecule has 0 aromatic heterocycles. The van der Waals surface area contributed by atoms with Gasteiger partial charge in [0.1, 0.15) is 16.5 Å². The molecule has 0 saturated carbocycles. The van der Waals surface area contributed by atoms with Gasteiger partial charge in [-0.15, -0.1) is 13.2 Å². The fourth-order valence-electron chi connectivity index (χ4n) is 1.54. The molecule has 0 spiro atoms. The average Bonchev–Trinajstić information content (AvgIpc) is 2.40. The van der Waals surface area contributed by atoms with E-state index in [9.17, 15) is 30.4 Å². The molecule has 0 atom stereocenters. The second-order valence-electron chi connectivity index (χ2n) is 4.13. The van der Waals surface area contributed by atoms with Gasteiger partial charge in [0.25, 0.3) is 0 Å². The number of halogens is 5. The van der Waals surface area contributed by atoms with E-state index in [1.54, 1.807) is 0 Å². The van der Waals surface area contributed by atoms with Crippen molar-refractivity contribution in [2.75, 3.05) is 0 Å². The van der Waals surface area contributed by atoms with Gasteiger partial charge in [-0.25, -0.2) is 8.78 Å². The molecule has 0 saturated heterocycles. The molecule has 2 aromatic rings. The Kier molecular flexibility index (Phi) is 4.46. The van der Waals surface area contributed by atoms with Crippen LogP contribution in [0.3, 0.4) is 0 Å². The fraction of sp³-hybridized carbons (Fsp3) is 0.0769. The third-order valence-corrected chi connectivity index (χ3v) is 3.65. The number of benzene rings is 2. The van der Waals surface area contributed by atoms with E-state index in [0.717, 1.165) is 30.3 Å². The molecule has 23 heavy (non-hydrogen) atoms. The maximum absolute atomic E-state index is 13.4. The van der Waals surface area contributed by atoms with Crippen LogP contribution in [0.5, 0.6) is 11.5 Å². The van der Waals surface area contributed by atoms with Crippen LogP contribution in [0.15, 0.2) is 47.4 Å². The lowest BCUT2D eigenvalue weighted by molar-refractivity contribution is -0.274. The van der Waals surface area contributed by atoms with Gasteiger partial charge in [0, 0.05) is 12.1 Å². The Morgan fingerprint density at radius 3 is 2.26 bits per heavy atom. The Balaban J connectivity index is 2.31. The van der Waals surface area contributed by atoms with Crippen LogP contribution in [0.4, 0.5) is 22.0 Å². The van der Waals surface area contributed by atoms with E-state index in [0.29, 0.717) is 12.1 Å². The molecule has 0 N–H and O–H groups in total. The first-order valence-electron chi connectivity index (χ1n) is 5.82. The third kappa shape index (κ3) is 4.55. The second-order valence-corrected chi connectivity index (χ2v) is 5.68. The molecular weight excluding hydrogens is 347 g/mol. The summed E-state index contributed by atoms with van der Waals surface area (Å²) in [4.78, 5) is -0.692. The van der Waals surface area contributed by atoms with E-state index in [-0.39, 0.29) is 0 Å². The monoisotopic (exact) mass is 354 g/mol. The van der Waals surface area contributed by atoms with Gasteiger partial charge in [-0.2, -0.15) is 8.42 Å². The standard InChI is InChI=1S/C13H7F5O4S/c14-8-4-5-12(11(15)6-8)22-23(19,20)10-3-1-2-9(7-10)21-13(16,17)18/h1-7H.